The van der Waals surface area contributed by atoms with Gasteiger partial charge in [0.15, 0.2) is 5.65 Å². The Morgan fingerprint density at radius 2 is 1.00 bits per heavy atom. The molecule has 4 aliphatic rings. The third kappa shape index (κ3) is 5.19. The Labute approximate surface area is 283 Å². The van der Waals surface area contributed by atoms with Crippen LogP contribution >= 0.6 is 0 Å². The van der Waals surface area contributed by atoms with Crippen molar-refractivity contribution in [2.24, 2.45) is 10.3 Å². The summed E-state index contributed by atoms with van der Waals surface area (Å²) in [6.07, 6.45) is 16.8. The van der Waals surface area contributed by atoms with Gasteiger partial charge in [-0.1, -0.05) is 37.0 Å². The highest BCUT2D eigenvalue weighted by atomic mass is 16.6. The van der Waals surface area contributed by atoms with E-state index >= 15 is 0 Å². The van der Waals surface area contributed by atoms with Crippen molar-refractivity contribution in [2.75, 3.05) is 14.2 Å². The maximum atomic E-state index is 5.37. The second kappa shape index (κ2) is 13.0. The molecule has 248 valence electrons. The smallest absolute Gasteiger partial charge is 0.160 e. The van der Waals surface area contributed by atoms with Gasteiger partial charge in [-0.2, -0.15) is 0 Å². The summed E-state index contributed by atoms with van der Waals surface area (Å²) in [4.78, 5) is 32.1. The minimum absolute atomic E-state index is 0.772. The number of unbranched alkanes of at least 4 members (excludes halogenated alkanes) is 2. The maximum absolute atomic E-state index is 5.37. The minimum atomic E-state index is 0.772. The molecule has 0 saturated heterocycles. The van der Waals surface area contributed by atoms with E-state index < -0.39 is 0 Å². The number of pyridine rings is 4. The molecule has 0 aromatic carbocycles. The van der Waals surface area contributed by atoms with E-state index in [4.69, 9.17) is 29.6 Å². The average molecular weight is 643 g/mol. The third-order valence-corrected chi connectivity index (χ3v) is 10.9. The number of oxime groups is 2. The van der Waals surface area contributed by atoms with Gasteiger partial charge in [-0.3, -0.25) is 0 Å². The van der Waals surface area contributed by atoms with Gasteiger partial charge in [0, 0.05) is 5.39 Å². The molecule has 4 aromatic rings. The van der Waals surface area contributed by atoms with Crippen molar-refractivity contribution >= 4 is 22.5 Å². The molecule has 48 heavy (non-hydrogen) atoms. The zero-order valence-corrected chi connectivity index (χ0v) is 29.0. The Morgan fingerprint density at radius 1 is 0.542 bits per heavy atom. The van der Waals surface area contributed by atoms with E-state index in [0.29, 0.717) is 0 Å². The summed E-state index contributed by atoms with van der Waals surface area (Å²) in [5, 5.41) is 9.99. The normalized spacial score (nSPS) is 17.8. The van der Waals surface area contributed by atoms with Crippen LogP contribution in [0.4, 0.5) is 0 Å². The maximum Gasteiger partial charge on any atom is 0.160 e. The molecule has 0 atom stereocenters. The topological polar surface area (TPSA) is 94.7 Å². The highest BCUT2D eigenvalue weighted by molar-refractivity contribution is 6.02. The first-order chi connectivity index (χ1) is 23.6. The fourth-order valence-corrected chi connectivity index (χ4v) is 8.69. The fourth-order valence-electron chi connectivity index (χ4n) is 8.69. The molecule has 4 aliphatic carbocycles. The lowest BCUT2D eigenvalue weighted by atomic mass is 9.80. The Hall–Kier alpha value is -4.20. The van der Waals surface area contributed by atoms with Gasteiger partial charge in [0.2, 0.25) is 0 Å². The van der Waals surface area contributed by atoms with E-state index in [1.807, 2.05) is 0 Å². The number of hydrogen-bond donors (Lipinski definition) is 0. The number of rotatable bonds is 8. The molecular formula is C40H46N6O2. The van der Waals surface area contributed by atoms with E-state index in [-0.39, 0.29) is 0 Å². The largest absolute Gasteiger partial charge is 0.399 e. The van der Waals surface area contributed by atoms with Crippen molar-refractivity contribution in [3.8, 4) is 22.8 Å². The Balaban J connectivity index is 1.31. The van der Waals surface area contributed by atoms with Gasteiger partial charge in [-0.15, -0.1) is 0 Å². The van der Waals surface area contributed by atoms with Crippen molar-refractivity contribution in [1.82, 2.24) is 19.9 Å². The number of fused-ring (bicyclic) bond motifs is 9. The first-order valence-corrected chi connectivity index (χ1v) is 18.3. The zero-order valence-electron chi connectivity index (χ0n) is 29.0. The van der Waals surface area contributed by atoms with E-state index in [1.54, 1.807) is 14.2 Å². The standard InChI is InChI=1S/C40H46N6O2/c1-5-7-11-26-28-13-9-15-32(45-47-3)36(28)41-38-30(26)19-17-23-21-25-22-24-18-20-31-27(12-8-6-2)29-14-10-16-33(46-48-4)37(29)42-39(31)35(24)44-40(25)43-34(23)38/h21-22H,5-20H2,1-4H3/b45-32-,46-33-. The van der Waals surface area contributed by atoms with Crippen LogP contribution in [-0.4, -0.2) is 45.6 Å². The van der Waals surface area contributed by atoms with Crippen LogP contribution in [0.15, 0.2) is 22.4 Å². The summed E-state index contributed by atoms with van der Waals surface area (Å²) in [6.45, 7) is 4.54. The molecule has 0 spiro atoms. The van der Waals surface area contributed by atoms with E-state index in [0.717, 1.165) is 147 Å². The van der Waals surface area contributed by atoms with Gasteiger partial charge in [0.05, 0.1) is 34.2 Å². The summed E-state index contributed by atoms with van der Waals surface area (Å²) in [5.74, 6) is 0. The zero-order chi connectivity index (χ0) is 32.8. The summed E-state index contributed by atoms with van der Waals surface area (Å²) in [5.41, 5.74) is 19.7. The quantitative estimate of drug-likeness (QED) is 0.181. The van der Waals surface area contributed by atoms with Gasteiger partial charge < -0.3 is 9.68 Å². The van der Waals surface area contributed by atoms with Gasteiger partial charge in [0.1, 0.15) is 25.6 Å². The summed E-state index contributed by atoms with van der Waals surface area (Å²) in [7, 11) is 3.27. The van der Waals surface area contributed by atoms with E-state index in [2.05, 4.69) is 36.3 Å². The molecule has 0 radical (unpaired) electrons. The molecular weight excluding hydrogens is 596 g/mol. The van der Waals surface area contributed by atoms with Crippen molar-refractivity contribution in [3.05, 3.63) is 68.0 Å². The number of nitrogens with zero attached hydrogens (tertiary/aromatic N) is 6. The lowest BCUT2D eigenvalue weighted by Crippen LogP contribution is -2.22. The Morgan fingerprint density at radius 3 is 1.44 bits per heavy atom. The second-order valence-corrected chi connectivity index (χ2v) is 13.9. The lowest BCUT2D eigenvalue weighted by molar-refractivity contribution is 0.212. The lowest BCUT2D eigenvalue weighted by Gasteiger charge is -2.29. The molecule has 0 fully saturated rings. The predicted molar refractivity (Wildman–Crippen MR) is 191 cm³/mol. The molecule has 8 rings (SSSR count). The van der Waals surface area contributed by atoms with Crippen LogP contribution in [0.25, 0.3) is 33.8 Å². The SMILES string of the molecule is CCCCc1c2c(nc3c1CCc1cc4cc5c(nc4nc1-3)-c1nc3c(c(CCCC)c1CC5)CCC/C3=N/OC)/C(=N\OC)CCC2. The molecule has 0 aliphatic heterocycles. The van der Waals surface area contributed by atoms with Crippen LogP contribution in [0.3, 0.4) is 0 Å². The van der Waals surface area contributed by atoms with Crippen LogP contribution in [-0.2, 0) is 61.0 Å². The molecule has 0 saturated carbocycles. The summed E-state index contributed by atoms with van der Waals surface area (Å²) >= 11 is 0. The molecule has 4 aromatic heterocycles. The Kier molecular flexibility index (Phi) is 8.43. The highest BCUT2D eigenvalue weighted by Crippen LogP contribution is 2.42. The van der Waals surface area contributed by atoms with Crippen LogP contribution < -0.4 is 0 Å². The van der Waals surface area contributed by atoms with Crippen molar-refractivity contribution < 1.29 is 9.68 Å². The molecule has 0 N–H and O–H groups in total. The van der Waals surface area contributed by atoms with E-state index in [9.17, 15) is 0 Å². The highest BCUT2D eigenvalue weighted by Gasteiger charge is 2.32. The van der Waals surface area contributed by atoms with Gasteiger partial charge >= 0.3 is 0 Å². The van der Waals surface area contributed by atoms with Gasteiger partial charge in [-0.05, 0) is 147 Å². The van der Waals surface area contributed by atoms with E-state index in [1.165, 1.54) is 57.3 Å². The van der Waals surface area contributed by atoms with Crippen molar-refractivity contribution in [3.63, 3.8) is 0 Å². The average Bonchev–Trinajstić information content (AvgIpc) is 3.11. The summed E-state index contributed by atoms with van der Waals surface area (Å²) < 4.78 is 0. The monoisotopic (exact) mass is 642 g/mol. The Bertz CT molecular complexity index is 1860. The first-order valence-electron chi connectivity index (χ1n) is 18.3. The fraction of sp³-hybridized carbons (Fsp3) is 0.500. The molecule has 8 heteroatoms. The van der Waals surface area contributed by atoms with Crippen LogP contribution in [0, 0.1) is 0 Å². The van der Waals surface area contributed by atoms with Gasteiger partial charge in [-0.25, -0.2) is 19.9 Å². The molecule has 8 nitrogen and oxygen atoms in total. The minimum Gasteiger partial charge on any atom is -0.399 e. The van der Waals surface area contributed by atoms with Crippen LogP contribution in [0.5, 0.6) is 0 Å². The van der Waals surface area contributed by atoms with Crippen molar-refractivity contribution in [1.29, 1.82) is 0 Å². The molecule has 0 unspecified atom stereocenters. The second-order valence-electron chi connectivity index (χ2n) is 13.9. The molecule has 0 amide bonds. The first kappa shape index (κ1) is 31.1. The molecule has 0 bridgehead atoms. The van der Waals surface area contributed by atoms with Crippen LogP contribution in [0.1, 0.15) is 121 Å². The number of hydrogen-bond acceptors (Lipinski definition) is 8. The van der Waals surface area contributed by atoms with Gasteiger partial charge in [0.25, 0.3) is 0 Å². The van der Waals surface area contributed by atoms with Crippen molar-refractivity contribution in [2.45, 2.75) is 117 Å². The molecule has 4 heterocycles. The number of aryl methyl sites for hydroxylation is 2. The predicted octanol–water partition coefficient (Wildman–Crippen LogP) is 8.01. The number of aromatic nitrogens is 4. The van der Waals surface area contributed by atoms with Crippen LogP contribution in [0.2, 0.25) is 0 Å². The third-order valence-electron chi connectivity index (χ3n) is 10.9. The summed E-state index contributed by atoms with van der Waals surface area (Å²) in [6, 6.07) is 4.66.